The Bertz CT molecular complexity index is 1200. The van der Waals surface area contributed by atoms with Gasteiger partial charge in [0.25, 0.3) is 5.89 Å². The van der Waals surface area contributed by atoms with Gasteiger partial charge in [0, 0.05) is 11.5 Å². The van der Waals surface area contributed by atoms with Gasteiger partial charge in [0.2, 0.25) is 0 Å². The highest BCUT2D eigenvalue weighted by Crippen LogP contribution is 2.53. The summed E-state index contributed by atoms with van der Waals surface area (Å²) in [5.41, 5.74) is 3.99. The van der Waals surface area contributed by atoms with Crippen LogP contribution in [0.5, 0.6) is 11.5 Å². The highest BCUT2D eigenvalue weighted by Gasteiger charge is 2.45. The normalized spacial score (nSPS) is 14.5. The van der Waals surface area contributed by atoms with Crippen LogP contribution in [0.2, 0.25) is 0 Å². The summed E-state index contributed by atoms with van der Waals surface area (Å²) in [4.78, 5) is 8.08. The van der Waals surface area contributed by atoms with E-state index in [0.29, 0.717) is 17.3 Å². The lowest BCUT2D eigenvalue weighted by molar-refractivity contribution is 0.420. The van der Waals surface area contributed by atoms with Crippen molar-refractivity contribution in [2.24, 2.45) is 0 Å². The third kappa shape index (κ3) is 3.34. The Morgan fingerprint density at radius 3 is 2.17 bits per heavy atom. The van der Waals surface area contributed by atoms with Crippen LogP contribution in [0.3, 0.4) is 0 Å². The smallest absolute Gasteiger partial charge is 0.279 e. The Hall–Kier alpha value is -3.54. The largest absolute Gasteiger partial charge is 0.456 e. The van der Waals surface area contributed by atoms with E-state index in [0.717, 1.165) is 12.8 Å². The van der Waals surface area contributed by atoms with Crippen molar-refractivity contribution in [2.45, 2.75) is 32.1 Å². The first kappa shape index (κ1) is 18.5. The number of aryl methyl sites for hydroxylation is 2. The zero-order chi connectivity index (χ0) is 20.7. The van der Waals surface area contributed by atoms with Gasteiger partial charge in [-0.05, 0) is 49.9 Å². The molecule has 1 aliphatic carbocycles. The minimum atomic E-state index is -0.580. The monoisotopic (exact) mass is 401 g/mol. The molecule has 0 amide bonds. The second-order valence-electron chi connectivity index (χ2n) is 7.72. The van der Waals surface area contributed by atoms with E-state index in [9.17, 15) is 4.39 Å². The maximum absolute atomic E-state index is 14.4. The van der Waals surface area contributed by atoms with Crippen LogP contribution < -0.4 is 4.74 Å². The Labute approximate surface area is 173 Å². The Kier molecular flexibility index (Phi) is 4.35. The van der Waals surface area contributed by atoms with Gasteiger partial charge in [-0.1, -0.05) is 47.1 Å². The molecule has 0 aliphatic heterocycles. The standard InChI is InChI=1S/C24H20FN3O2/c1-15-3-5-17(6-4-15)24(11-12-24)18-7-9-19(10-8-18)29-20-13-21(25)22(26-14-20)23-27-16(2)28-30-23/h3-10,13-14H,11-12H2,1-2H3. The number of hydrogen-bond acceptors (Lipinski definition) is 5. The lowest BCUT2D eigenvalue weighted by Gasteiger charge is -2.17. The molecule has 2 aromatic heterocycles. The number of aromatic nitrogens is 3. The molecule has 0 N–H and O–H groups in total. The summed E-state index contributed by atoms with van der Waals surface area (Å²) in [5, 5.41) is 3.66. The molecule has 0 saturated heterocycles. The summed E-state index contributed by atoms with van der Waals surface area (Å²) in [6.45, 7) is 3.76. The highest BCUT2D eigenvalue weighted by atomic mass is 19.1. The molecular formula is C24H20FN3O2. The van der Waals surface area contributed by atoms with E-state index < -0.39 is 5.82 Å². The van der Waals surface area contributed by atoms with Crippen LogP contribution in [0.4, 0.5) is 4.39 Å². The molecule has 5 nitrogen and oxygen atoms in total. The molecule has 0 bridgehead atoms. The van der Waals surface area contributed by atoms with Crippen LogP contribution in [-0.4, -0.2) is 15.1 Å². The lowest BCUT2D eigenvalue weighted by Crippen LogP contribution is -2.08. The summed E-state index contributed by atoms with van der Waals surface area (Å²) in [5.74, 6) is 0.822. The maximum atomic E-state index is 14.4. The van der Waals surface area contributed by atoms with Crippen molar-refractivity contribution < 1.29 is 13.7 Å². The molecule has 1 saturated carbocycles. The molecular weight excluding hydrogens is 381 g/mol. The van der Waals surface area contributed by atoms with E-state index in [1.54, 1.807) is 6.92 Å². The molecule has 0 unspecified atom stereocenters. The Morgan fingerprint density at radius 1 is 0.933 bits per heavy atom. The van der Waals surface area contributed by atoms with Gasteiger partial charge in [-0.3, -0.25) is 0 Å². The van der Waals surface area contributed by atoms with Crippen molar-refractivity contribution in [3.8, 4) is 23.1 Å². The third-order valence-electron chi connectivity index (χ3n) is 5.54. The first-order chi connectivity index (χ1) is 14.5. The molecule has 1 aliphatic rings. The SMILES string of the molecule is Cc1ccc(C2(c3ccc(Oc4cnc(-c5nc(C)no5)c(F)c4)cc3)CC2)cc1. The van der Waals surface area contributed by atoms with Crippen LogP contribution in [0.15, 0.2) is 65.3 Å². The highest BCUT2D eigenvalue weighted by molar-refractivity contribution is 5.50. The van der Waals surface area contributed by atoms with Crippen molar-refractivity contribution in [1.82, 2.24) is 15.1 Å². The van der Waals surface area contributed by atoms with Gasteiger partial charge in [0.05, 0.1) is 6.20 Å². The van der Waals surface area contributed by atoms with Crippen LogP contribution in [0.25, 0.3) is 11.6 Å². The molecule has 30 heavy (non-hydrogen) atoms. The van der Waals surface area contributed by atoms with Gasteiger partial charge in [0.1, 0.15) is 11.5 Å². The van der Waals surface area contributed by atoms with Gasteiger partial charge in [-0.2, -0.15) is 4.98 Å². The van der Waals surface area contributed by atoms with E-state index in [4.69, 9.17) is 9.26 Å². The molecule has 2 aromatic carbocycles. The van der Waals surface area contributed by atoms with Gasteiger partial charge in [-0.25, -0.2) is 9.37 Å². The van der Waals surface area contributed by atoms with Crippen LogP contribution in [0.1, 0.15) is 35.4 Å². The zero-order valence-corrected chi connectivity index (χ0v) is 16.7. The van der Waals surface area contributed by atoms with Crippen molar-refractivity contribution in [1.29, 1.82) is 0 Å². The number of pyridine rings is 1. The van der Waals surface area contributed by atoms with Crippen LogP contribution >= 0.6 is 0 Å². The molecule has 1 fully saturated rings. The quantitative estimate of drug-likeness (QED) is 0.425. The second kappa shape index (κ2) is 7.06. The Morgan fingerprint density at radius 2 is 1.60 bits per heavy atom. The van der Waals surface area contributed by atoms with Gasteiger partial charge in [-0.15, -0.1) is 0 Å². The fourth-order valence-corrected chi connectivity index (χ4v) is 3.75. The fraction of sp³-hybridized carbons (Fsp3) is 0.208. The third-order valence-corrected chi connectivity index (χ3v) is 5.54. The maximum Gasteiger partial charge on any atom is 0.279 e. The molecule has 6 heteroatoms. The zero-order valence-electron chi connectivity index (χ0n) is 16.7. The molecule has 0 radical (unpaired) electrons. The van der Waals surface area contributed by atoms with Crippen molar-refractivity contribution in [3.63, 3.8) is 0 Å². The Balaban J connectivity index is 1.34. The number of rotatable bonds is 5. The first-order valence-electron chi connectivity index (χ1n) is 9.85. The predicted molar refractivity (Wildman–Crippen MR) is 110 cm³/mol. The number of ether oxygens (including phenoxy) is 1. The van der Waals surface area contributed by atoms with Crippen molar-refractivity contribution in [3.05, 3.63) is 89.1 Å². The predicted octanol–water partition coefficient (Wildman–Crippen LogP) is 5.76. The number of benzene rings is 2. The minimum Gasteiger partial charge on any atom is -0.456 e. The molecule has 0 atom stereocenters. The summed E-state index contributed by atoms with van der Waals surface area (Å²) < 4.78 is 25.2. The summed E-state index contributed by atoms with van der Waals surface area (Å²) in [7, 11) is 0. The minimum absolute atomic E-state index is 0.00655. The van der Waals surface area contributed by atoms with Gasteiger partial charge < -0.3 is 9.26 Å². The summed E-state index contributed by atoms with van der Waals surface area (Å²) in [6.07, 6.45) is 3.73. The second-order valence-corrected chi connectivity index (χ2v) is 7.72. The van der Waals surface area contributed by atoms with Crippen LogP contribution in [-0.2, 0) is 5.41 Å². The van der Waals surface area contributed by atoms with Gasteiger partial charge >= 0.3 is 0 Å². The molecule has 150 valence electrons. The van der Waals surface area contributed by atoms with E-state index in [2.05, 4.69) is 58.4 Å². The molecule has 2 heterocycles. The molecule has 0 spiro atoms. The number of halogens is 1. The van der Waals surface area contributed by atoms with Crippen LogP contribution in [0, 0.1) is 19.7 Å². The van der Waals surface area contributed by atoms with E-state index >= 15 is 0 Å². The fourth-order valence-electron chi connectivity index (χ4n) is 3.75. The van der Waals surface area contributed by atoms with E-state index in [-0.39, 0.29) is 17.0 Å². The molecule has 5 rings (SSSR count). The average molecular weight is 401 g/mol. The first-order valence-corrected chi connectivity index (χ1v) is 9.85. The lowest BCUT2D eigenvalue weighted by atomic mass is 9.88. The van der Waals surface area contributed by atoms with Gasteiger partial charge in [0.15, 0.2) is 17.3 Å². The van der Waals surface area contributed by atoms with Crippen molar-refractivity contribution in [2.75, 3.05) is 0 Å². The van der Waals surface area contributed by atoms with Crippen molar-refractivity contribution >= 4 is 0 Å². The summed E-state index contributed by atoms with van der Waals surface area (Å²) >= 11 is 0. The van der Waals surface area contributed by atoms with E-state index in [1.807, 2.05) is 12.1 Å². The molecule has 4 aromatic rings. The summed E-state index contributed by atoms with van der Waals surface area (Å²) in [6, 6.07) is 18.0. The number of nitrogens with zero attached hydrogens (tertiary/aromatic N) is 3. The van der Waals surface area contributed by atoms with E-state index in [1.165, 1.54) is 29.0 Å². The average Bonchev–Trinajstić information content (AvgIpc) is 3.44. The topological polar surface area (TPSA) is 61.0 Å². The number of hydrogen-bond donors (Lipinski definition) is 0.